The monoisotopic (exact) mass is 282 g/mol. The fourth-order valence-electron chi connectivity index (χ4n) is 2.84. The van der Waals surface area contributed by atoms with Crippen LogP contribution in [0.3, 0.4) is 0 Å². The number of nitrogens with zero attached hydrogens (tertiary/aromatic N) is 1. The van der Waals surface area contributed by atoms with E-state index in [4.69, 9.17) is 9.72 Å². The van der Waals surface area contributed by atoms with Crippen LogP contribution in [0.25, 0.3) is 0 Å². The maximum atomic E-state index is 6.19. The van der Waals surface area contributed by atoms with Gasteiger partial charge in [0.1, 0.15) is 10.6 Å². The molecule has 1 unspecified atom stereocenters. The molecule has 0 amide bonds. The predicted molar refractivity (Wildman–Crippen MR) is 80.6 cm³/mol. The van der Waals surface area contributed by atoms with E-state index < -0.39 is 0 Å². The van der Waals surface area contributed by atoms with Gasteiger partial charge in [-0.25, -0.2) is 4.98 Å². The van der Waals surface area contributed by atoms with E-state index in [-0.39, 0.29) is 5.60 Å². The summed E-state index contributed by atoms with van der Waals surface area (Å²) in [6, 6.07) is 0.314. The van der Waals surface area contributed by atoms with Gasteiger partial charge in [0.25, 0.3) is 0 Å². The lowest BCUT2D eigenvalue weighted by molar-refractivity contribution is -0.0560. The minimum Gasteiger partial charge on any atom is -0.368 e. The number of hydrogen-bond acceptors (Lipinski definition) is 4. The Labute approximate surface area is 120 Å². The molecule has 19 heavy (non-hydrogen) atoms. The third-order valence-electron chi connectivity index (χ3n) is 4.12. The van der Waals surface area contributed by atoms with Crippen molar-refractivity contribution in [3.63, 3.8) is 0 Å². The van der Waals surface area contributed by atoms with Crippen molar-refractivity contribution >= 4 is 11.3 Å². The molecule has 1 aliphatic carbocycles. The third kappa shape index (κ3) is 3.36. The predicted octanol–water partition coefficient (Wildman–Crippen LogP) is 4.01. The minimum absolute atomic E-state index is 0.109. The zero-order chi connectivity index (χ0) is 13.7. The lowest BCUT2D eigenvalue weighted by atomic mass is 9.95. The quantitative estimate of drug-likeness (QED) is 0.829. The first-order chi connectivity index (χ1) is 9.22. The van der Waals surface area contributed by atoms with Gasteiger partial charge in [0, 0.05) is 18.0 Å². The number of ether oxygens (including phenoxy) is 1. The highest BCUT2D eigenvalue weighted by atomic mass is 32.1. The van der Waals surface area contributed by atoms with Crippen molar-refractivity contribution in [2.24, 2.45) is 0 Å². The standard InChI is InChI=1S/C15H26N2OS/c1-4-18-15(9-7-5-6-8-10-15)14-17-13(11-19-14)12(2)16-3/h11-12,16H,4-10H2,1-3H3. The molecule has 0 aliphatic heterocycles. The van der Waals surface area contributed by atoms with Gasteiger partial charge in [-0.05, 0) is 33.7 Å². The normalized spacial score (nSPS) is 21.0. The number of nitrogens with one attached hydrogen (secondary N) is 1. The van der Waals surface area contributed by atoms with Crippen LogP contribution in [-0.4, -0.2) is 18.6 Å². The maximum absolute atomic E-state index is 6.19. The van der Waals surface area contributed by atoms with Crippen molar-refractivity contribution in [2.45, 2.75) is 64.0 Å². The Hall–Kier alpha value is -0.450. The number of hydrogen-bond donors (Lipinski definition) is 1. The van der Waals surface area contributed by atoms with Crippen molar-refractivity contribution in [3.05, 3.63) is 16.1 Å². The van der Waals surface area contributed by atoms with Gasteiger partial charge in [-0.2, -0.15) is 0 Å². The Bertz CT molecular complexity index is 383. The van der Waals surface area contributed by atoms with E-state index in [0.29, 0.717) is 6.04 Å². The van der Waals surface area contributed by atoms with E-state index in [9.17, 15) is 0 Å². The molecule has 0 aromatic carbocycles. The molecule has 0 bridgehead atoms. The lowest BCUT2D eigenvalue weighted by Crippen LogP contribution is -2.29. The smallest absolute Gasteiger partial charge is 0.125 e. The highest BCUT2D eigenvalue weighted by Crippen LogP contribution is 2.41. The van der Waals surface area contributed by atoms with E-state index in [1.807, 2.05) is 7.05 Å². The summed E-state index contributed by atoms with van der Waals surface area (Å²) < 4.78 is 6.19. The van der Waals surface area contributed by atoms with Crippen LogP contribution in [0.15, 0.2) is 5.38 Å². The summed E-state index contributed by atoms with van der Waals surface area (Å²) in [6.45, 7) is 5.02. The molecule has 1 saturated carbocycles. The molecule has 108 valence electrons. The van der Waals surface area contributed by atoms with Gasteiger partial charge in [-0.3, -0.25) is 0 Å². The van der Waals surface area contributed by atoms with Gasteiger partial charge < -0.3 is 10.1 Å². The van der Waals surface area contributed by atoms with Crippen LogP contribution in [0.5, 0.6) is 0 Å². The molecular formula is C15H26N2OS. The second kappa shape index (κ2) is 6.82. The Morgan fingerprint density at radius 1 is 1.37 bits per heavy atom. The van der Waals surface area contributed by atoms with Crippen LogP contribution in [0.2, 0.25) is 0 Å². The Morgan fingerprint density at radius 3 is 2.63 bits per heavy atom. The summed E-state index contributed by atoms with van der Waals surface area (Å²) in [6.07, 6.45) is 7.44. The zero-order valence-corrected chi connectivity index (χ0v) is 13.2. The fourth-order valence-corrected chi connectivity index (χ4v) is 3.96. The molecule has 2 rings (SSSR count). The SMILES string of the molecule is CCOC1(c2nc(C(C)NC)cs2)CCCCCC1. The van der Waals surface area contributed by atoms with Gasteiger partial charge in [-0.15, -0.1) is 11.3 Å². The molecule has 0 saturated heterocycles. The van der Waals surface area contributed by atoms with E-state index in [0.717, 1.165) is 25.1 Å². The average molecular weight is 282 g/mol. The van der Waals surface area contributed by atoms with Crippen molar-refractivity contribution in [2.75, 3.05) is 13.7 Å². The van der Waals surface area contributed by atoms with Crippen LogP contribution in [0, 0.1) is 0 Å². The molecule has 1 aromatic heterocycles. The van der Waals surface area contributed by atoms with E-state index in [1.165, 1.54) is 30.7 Å². The molecule has 4 heteroatoms. The Kier molecular flexibility index (Phi) is 5.37. The van der Waals surface area contributed by atoms with Crippen LogP contribution in [0.4, 0.5) is 0 Å². The fraction of sp³-hybridized carbons (Fsp3) is 0.800. The average Bonchev–Trinajstić information content (AvgIpc) is 2.81. The molecule has 1 aliphatic rings. The first-order valence-corrected chi connectivity index (χ1v) is 8.37. The molecule has 1 N–H and O–H groups in total. The lowest BCUT2D eigenvalue weighted by Gasteiger charge is -2.30. The number of rotatable bonds is 5. The second-order valence-corrected chi connectivity index (χ2v) is 6.29. The van der Waals surface area contributed by atoms with Gasteiger partial charge in [0.2, 0.25) is 0 Å². The molecule has 1 aromatic rings. The summed E-state index contributed by atoms with van der Waals surface area (Å²) in [5, 5.41) is 6.63. The van der Waals surface area contributed by atoms with Gasteiger partial charge in [0.15, 0.2) is 0 Å². The van der Waals surface area contributed by atoms with Gasteiger partial charge in [0.05, 0.1) is 5.69 Å². The van der Waals surface area contributed by atoms with Gasteiger partial charge in [-0.1, -0.05) is 25.7 Å². The Balaban J connectivity index is 2.24. The topological polar surface area (TPSA) is 34.1 Å². The van der Waals surface area contributed by atoms with Crippen molar-refractivity contribution in [1.82, 2.24) is 10.3 Å². The number of thiazole rings is 1. The first-order valence-electron chi connectivity index (χ1n) is 7.49. The van der Waals surface area contributed by atoms with Crippen molar-refractivity contribution in [1.29, 1.82) is 0 Å². The van der Waals surface area contributed by atoms with E-state index in [1.54, 1.807) is 11.3 Å². The van der Waals surface area contributed by atoms with Crippen molar-refractivity contribution < 1.29 is 4.74 Å². The largest absolute Gasteiger partial charge is 0.368 e. The van der Waals surface area contributed by atoms with Crippen LogP contribution < -0.4 is 5.32 Å². The van der Waals surface area contributed by atoms with Crippen LogP contribution >= 0.6 is 11.3 Å². The summed E-state index contributed by atoms with van der Waals surface area (Å²) in [7, 11) is 1.98. The maximum Gasteiger partial charge on any atom is 0.125 e. The number of aromatic nitrogens is 1. The van der Waals surface area contributed by atoms with Crippen molar-refractivity contribution in [3.8, 4) is 0 Å². The van der Waals surface area contributed by atoms with Crippen LogP contribution in [0.1, 0.15) is 69.1 Å². The summed E-state index contributed by atoms with van der Waals surface area (Å²) in [4.78, 5) is 4.87. The van der Waals surface area contributed by atoms with E-state index >= 15 is 0 Å². The molecule has 3 nitrogen and oxygen atoms in total. The first kappa shape index (κ1) is 14.9. The summed E-state index contributed by atoms with van der Waals surface area (Å²) >= 11 is 1.77. The summed E-state index contributed by atoms with van der Waals surface area (Å²) in [5.74, 6) is 0. The highest BCUT2D eigenvalue weighted by Gasteiger charge is 2.36. The third-order valence-corrected chi connectivity index (χ3v) is 5.17. The highest BCUT2D eigenvalue weighted by molar-refractivity contribution is 7.09. The minimum atomic E-state index is -0.109. The van der Waals surface area contributed by atoms with Crippen LogP contribution in [-0.2, 0) is 10.3 Å². The Morgan fingerprint density at radius 2 is 2.05 bits per heavy atom. The molecule has 1 fully saturated rings. The zero-order valence-electron chi connectivity index (χ0n) is 12.4. The molecule has 0 spiro atoms. The molecular weight excluding hydrogens is 256 g/mol. The molecule has 1 heterocycles. The van der Waals surface area contributed by atoms with E-state index in [2.05, 4.69) is 24.5 Å². The van der Waals surface area contributed by atoms with Gasteiger partial charge >= 0.3 is 0 Å². The molecule has 0 radical (unpaired) electrons. The second-order valence-electron chi connectivity index (χ2n) is 5.43. The molecule has 1 atom stereocenters. The summed E-state index contributed by atoms with van der Waals surface area (Å²) in [5.41, 5.74) is 1.03.